The lowest BCUT2D eigenvalue weighted by molar-refractivity contribution is 0.138. The van der Waals surface area contributed by atoms with Gasteiger partial charge in [-0.25, -0.2) is 0 Å². The number of nitrogens with zero attached hydrogens (tertiary/aromatic N) is 1. The van der Waals surface area contributed by atoms with Crippen molar-refractivity contribution < 1.29 is 0 Å². The average Bonchev–Trinajstić information content (AvgIpc) is 3.13. The molecule has 0 aromatic carbocycles. The Morgan fingerprint density at radius 3 is 2.82 bits per heavy atom. The van der Waals surface area contributed by atoms with Crippen molar-refractivity contribution in [3.63, 3.8) is 0 Å². The van der Waals surface area contributed by atoms with Crippen LogP contribution in [0.25, 0.3) is 0 Å². The minimum Gasteiger partial charge on any atom is -0.311 e. The van der Waals surface area contributed by atoms with Gasteiger partial charge in [-0.15, -0.1) is 0 Å². The molecule has 0 aromatic heterocycles. The van der Waals surface area contributed by atoms with E-state index in [1.54, 1.807) is 0 Å². The van der Waals surface area contributed by atoms with Crippen molar-refractivity contribution in [3.05, 3.63) is 0 Å². The molecule has 0 aromatic rings. The first-order valence-electron chi connectivity index (χ1n) is 7.77. The third-order valence-electron chi connectivity index (χ3n) is 5.04. The standard InChI is InChI=1S/C15H28N2/c1-12-3-2-4-13(9-12)10-17-8-7-16-15(11-17)14-5-6-14/h12-16H,2-11H2,1H3. The molecule has 2 heteroatoms. The lowest BCUT2D eigenvalue weighted by atomic mass is 9.82. The summed E-state index contributed by atoms with van der Waals surface area (Å²) in [5.41, 5.74) is 0. The van der Waals surface area contributed by atoms with E-state index in [1.165, 1.54) is 64.7 Å². The number of rotatable bonds is 3. The van der Waals surface area contributed by atoms with Crippen molar-refractivity contribution in [2.75, 3.05) is 26.2 Å². The van der Waals surface area contributed by atoms with E-state index in [-0.39, 0.29) is 0 Å². The molecular formula is C15H28N2. The lowest BCUT2D eigenvalue weighted by Crippen LogP contribution is -2.52. The third kappa shape index (κ3) is 3.23. The fourth-order valence-corrected chi connectivity index (χ4v) is 3.91. The van der Waals surface area contributed by atoms with E-state index in [1.807, 2.05) is 0 Å². The van der Waals surface area contributed by atoms with Crippen LogP contribution in [0, 0.1) is 17.8 Å². The molecule has 3 rings (SSSR count). The Bertz CT molecular complexity index is 249. The molecule has 2 saturated carbocycles. The predicted octanol–water partition coefficient (Wildman–Crippen LogP) is 2.50. The Hall–Kier alpha value is -0.0800. The average molecular weight is 236 g/mol. The smallest absolute Gasteiger partial charge is 0.0223 e. The van der Waals surface area contributed by atoms with Crippen LogP contribution in [0.2, 0.25) is 0 Å². The molecule has 2 aliphatic carbocycles. The topological polar surface area (TPSA) is 15.3 Å². The van der Waals surface area contributed by atoms with Crippen molar-refractivity contribution in [1.82, 2.24) is 10.2 Å². The Morgan fingerprint density at radius 2 is 2.06 bits per heavy atom. The Labute approximate surface area is 106 Å². The van der Waals surface area contributed by atoms with Crippen LogP contribution in [0.4, 0.5) is 0 Å². The van der Waals surface area contributed by atoms with Crippen LogP contribution in [0.3, 0.4) is 0 Å². The third-order valence-corrected chi connectivity index (χ3v) is 5.04. The van der Waals surface area contributed by atoms with Gasteiger partial charge in [0.2, 0.25) is 0 Å². The number of piperazine rings is 1. The Morgan fingerprint density at radius 1 is 1.18 bits per heavy atom. The van der Waals surface area contributed by atoms with Gasteiger partial charge >= 0.3 is 0 Å². The van der Waals surface area contributed by atoms with E-state index in [2.05, 4.69) is 17.1 Å². The van der Waals surface area contributed by atoms with Gasteiger partial charge in [-0.05, 0) is 43.4 Å². The molecule has 1 aliphatic heterocycles. The molecule has 1 saturated heterocycles. The largest absolute Gasteiger partial charge is 0.311 e. The van der Waals surface area contributed by atoms with Crippen molar-refractivity contribution in [2.24, 2.45) is 17.8 Å². The molecule has 3 unspecified atom stereocenters. The molecule has 17 heavy (non-hydrogen) atoms. The first-order chi connectivity index (χ1) is 8.31. The maximum atomic E-state index is 3.72. The van der Waals surface area contributed by atoms with E-state index in [4.69, 9.17) is 0 Å². The Balaban J connectivity index is 1.46. The summed E-state index contributed by atoms with van der Waals surface area (Å²) in [4.78, 5) is 2.75. The summed E-state index contributed by atoms with van der Waals surface area (Å²) < 4.78 is 0. The summed E-state index contributed by atoms with van der Waals surface area (Å²) in [6.45, 7) is 7.67. The van der Waals surface area contributed by atoms with E-state index in [0.29, 0.717) is 0 Å². The van der Waals surface area contributed by atoms with Gasteiger partial charge in [0.05, 0.1) is 0 Å². The fraction of sp³-hybridized carbons (Fsp3) is 1.00. The molecule has 0 bridgehead atoms. The van der Waals surface area contributed by atoms with E-state index >= 15 is 0 Å². The van der Waals surface area contributed by atoms with Crippen molar-refractivity contribution in [3.8, 4) is 0 Å². The molecule has 1 N–H and O–H groups in total. The highest BCUT2D eigenvalue weighted by Crippen LogP contribution is 2.34. The van der Waals surface area contributed by atoms with Gasteiger partial charge in [0, 0.05) is 32.2 Å². The molecule has 3 atom stereocenters. The Kier molecular flexibility index (Phi) is 3.72. The zero-order chi connectivity index (χ0) is 11.7. The second-order valence-electron chi connectivity index (χ2n) is 6.80. The van der Waals surface area contributed by atoms with Gasteiger partial charge in [-0.2, -0.15) is 0 Å². The summed E-state index contributed by atoms with van der Waals surface area (Å²) in [7, 11) is 0. The molecule has 0 spiro atoms. The van der Waals surface area contributed by atoms with Gasteiger partial charge in [0.15, 0.2) is 0 Å². The maximum Gasteiger partial charge on any atom is 0.0223 e. The molecule has 3 fully saturated rings. The van der Waals surface area contributed by atoms with Gasteiger partial charge in [0.25, 0.3) is 0 Å². The maximum absolute atomic E-state index is 3.72. The molecule has 0 radical (unpaired) electrons. The van der Waals surface area contributed by atoms with Gasteiger partial charge in [0.1, 0.15) is 0 Å². The predicted molar refractivity (Wildman–Crippen MR) is 72.1 cm³/mol. The van der Waals surface area contributed by atoms with Crippen molar-refractivity contribution in [2.45, 2.75) is 51.5 Å². The van der Waals surface area contributed by atoms with Crippen LogP contribution in [0.5, 0.6) is 0 Å². The molecule has 2 nitrogen and oxygen atoms in total. The normalized spacial score (nSPS) is 40.4. The highest BCUT2D eigenvalue weighted by atomic mass is 15.2. The highest BCUT2D eigenvalue weighted by Gasteiger charge is 2.34. The molecule has 0 amide bonds. The minimum absolute atomic E-state index is 0.824. The van der Waals surface area contributed by atoms with Crippen LogP contribution in [-0.4, -0.2) is 37.1 Å². The molecule has 1 heterocycles. The fourth-order valence-electron chi connectivity index (χ4n) is 3.91. The van der Waals surface area contributed by atoms with Gasteiger partial charge < -0.3 is 10.2 Å². The minimum atomic E-state index is 0.824. The molecular weight excluding hydrogens is 208 g/mol. The summed E-state index contributed by atoms with van der Waals surface area (Å²) in [6.07, 6.45) is 8.88. The van der Waals surface area contributed by atoms with Crippen LogP contribution >= 0.6 is 0 Å². The number of nitrogens with one attached hydrogen (secondary N) is 1. The van der Waals surface area contributed by atoms with Gasteiger partial charge in [-0.3, -0.25) is 0 Å². The molecule has 98 valence electrons. The van der Waals surface area contributed by atoms with Crippen LogP contribution in [-0.2, 0) is 0 Å². The van der Waals surface area contributed by atoms with E-state index < -0.39 is 0 Å². The number of hydrogen-bond acceptors (Lipinski definition) is 2. The quantitative estimate of drug-likeness (QED) is 0.810. The van der Waals surface area contributed by atoms with Crippen molar-refractivity contribution >= 4 is 0 Å². The summed E-state index contributed by atoms with van der Waals surface area (Å²) in [5, 5.41) is 3.72. The van der Waals surface area contributed by atoms with Crippen LogP contribution < -0.4 is 5.32 Å². The first-order valence-corrected chi connectivity index (χ1v) is 7.77. The zero-order valence-electron chi connectivity index (χ0n) is 11.3. The van der Waals surface area contributed by atoms with Gasteiger partial charge in [-0.1, -0.05) is 19.8 Å². The molecule has 3 aliphatic rings. The first kappa shape index (κ1) is 12.0. The zero-order valence-corrected chi connectivity index (χ0v) is 11.3. The van der Waals surface area contributed by atoms with Crippen molar-refractivity contribution in [1.29, 1.82) is 0 Å². The number of hydrogen-bond donors (Lipinski definition) is 1. The monoisotopic (exact) mass is 236 g/mol. The SMILES string of the molecule is CC1CCCC(CN2CCNC(C3CC3)C2)C1. The highest BCUT2D eigenvalue weighted by molar-refractivity contribution is 4.91. The van der Waals surface area contributed by atoms with E-state index in [0.717, 1.165) is 23.8 Å². The van der Waals surface area contributed by atoms with Crippen LogP contribution in [0.1, 0.15) is 45.4 Å². The summed E-state index contributed by atoms with van der Waals surface area (Å²) in [5.74, 6) is 3.00. The summed E-state index contributed by atoms with van der Waals surface area (Å²) >= 11 is 0. The van der Waals surface area contributed by atoms with E-state index in [9.17, 15) is 0 Å². The second-order valence-corrected chi connectivity index (χ2v) is 6.80. The van der Waals surface area contributed by atoms with Crippen LogP contribution in [0.15, 0.2) is 0 Å². The second kappa shape index (κ2) is 5.27. The lowest BCUT2D eigenvalue weighted by Gasteiger charge is -2.37. The summed E-state index contributed by atoms with van der Waals surface area (Å²) in [6, 6.07) is 0.824.